The van der Waals surface area contributed by atoms with Crippen molar-refractivity contribution in [1.29, 1.82) is 0 Å². The molecule has 5 atom stereocenters. The molecular formula is C38H38N2O6S2. The van der Waals surface area contributed by atoms with Gasteiger partial charge in [-0.15, -0.1) is 11.3 Å². The molecule has 0 aliphatic carbocycles. The molecule has 0 saturated carbocycles. The number of para-hydroxylation sites is 1. The molecule has 248 valence electrons. The Kier molecular flexibility index (Phi) is 10.9. The fourth-order valence-electron chi connectivity index (χ4n) is 5.78. The van der Waals surface area contributed by atoms with E-state index in [0.717, 1.165) is 49.0 Å². The molecule has 10 heteroatoms. The van der Waals surface area contributed by atoms with Crippen molar-refractivity contribution >= 4 is 45.2 Å². The van der Waals surface area contributed by atoms with E-state index < -0.39 is 18.4 Å². The van der Waals surface area contributed by atoms with E-state index >= 15 is 0 Å². The normalized spacial score (nSPS) is 19.9. The monoisotopic (exact) mass is 682 g/mol. The number of amides is 1. The quantitative estimate of drug-likeness (QED) is 0.108. The highest BCUT2D eigenvalue weighted by Crippen LogP contribution is 2.44. The van der Waals surface area contributed by atoms with Crippen molar-refractivity contribution in [2.24, 2.45) is 5.92 Å². The molecule has 0 bridgehead atoms. The van der Waals surface area contributed by atoms with Gasteiger partial charge in [0.25, 0.3) is 5.91 Å². The Balaban J connectivity index is 1.20. The van der Waals surface area contributed by atoms with Gasteiger partial charge in [0.15, 0.2) is 16.7 Å². The van der Waals surface area contributed by atoms with Crippen LogP contribution in [0.2, 0.25) is 0 Å². The molecule has 2 heterocycles. The van der Waals surface area contributed by atoms with Gasteiger partial charge in [-0.25, -0.2) is 4.98 Å². The number of aromatic nitrogens is 1. The second kappa shape index (κ2) is 15.4. The van der Waals surface area contributed by atoms with Crippen molar-refractivity contribution in [3.63, 3.8) is 0 Å². The standard InChI is InChI=1S/C38H38N2O6S2/c1-23-33(22-47-38-40-32-10-6-7-11-34(32)48-38)45-37(46-35(23)28-14-12-26(21-41)13-15-28)29-18-16-27(17-19-29)31-9-5-4-8-30(31)20-39-36(43)24(2)44-25(3)42/h4-19,23-24,33,35,37,41H,20-22H2,1-3H3,(H,39,43)/t23-,24+,33+,35+,37+/m1/s1. The minimum absolute atomic E-state index is 0.0101. The number of thiazole rings is 1. The highest BCUT2D eigenvalue weighted by molar-refractivity contribution is 8.01. The Bertz CT molecular complexity index is 1830. The number of hydrogen-bond acceptors (Lipinski definition) is 9. The number of benzene rings is 4. The molecule has 6 rings (SSSR count). The molecule has 1 amide bonds. The Hall–Kier alpha value is -4.06. The number of fused-ring (bicyclic) bond motifs is 1. The number of esters is 1. The van der Waals surface area contributed by atoms with Gasteiger partial charge in [-0.05, 0) is 46.9 Å². The molecule has 0 spiro atoms. The summed E-state index contributed by atoms with van der Waals surface area (Å²) < 4.78 is 20.5. The minimum atomic E-state index is -0.868. The van der Waals surface area contributed by atoms with Crippen molar-refractivity contribution in [1.82, 2.24) is 10.3 Å². The molecule has 5 aromatic rings. The van der Waals surface area contributed by atoms with Crippen molar-refractivity contribution in [3.05, 3.63) is 119 Å². The largest absolute Gasteiger partial charge is 0.453 e. The van der Waals surface area contributed by atoms with E-state index in [1.807, 2.05) is 91.0 Å². The Morgan fingerprint density at radius 2 is 1.67 bits per heavy atom. The molecule has 0 unspecified atom stereocenters. The van der Waals surface area contributed by atoms with Gasteiger partial charge < -0.3 is 24.6 Å². The first-order valence-electron chi connectivity index (χ1n) is 15.9. The van der Waals surface area contributed by atoms with E-state index in [9.17, 15) is 14.7 Å². The van der Waals surface area contributed by atoms with Crippen molar-refractivity contribution in [3.8, 4) is 11.1 Å². The van der Waals surface area contributed by atoms with Gasteiger partial charge in [0.2, 0.25) is 0 Å². The predicted molar refractivity (Wildman–Crippen MR) is 188 cm³/mol. The van der Waals surface area contributed by atoms with Gasteiger partial charge in [0.05, 0.1) is 29.0 Å². The van der Waals surface area contributed by atoms with Crippen molar-refractivity contribution in [2.75, 3.05) is 5.75 Å². The summed E-state index contributed by atoms with van der Waals surface area (Å²) in [4.78, 5) is 28.5. The van der Waals surface area contributed by atoms with E-state index in [-0.39, 0.29) is 30.6 Å². The molecule has 2 N–H and O–H groups in total. The van der Waals surface area contributed by atoms with Gasteiger partial charge in [-0.1, -0.05) is 104 Å². The maximum absolute atomic E-state index is 12.5. The zero-order valence-electron chi connectivity index (χ0n) is 27.0. The molecule has 1 aromatic heterocycles. The van der Waals surface area contributed by atoms with Gasteiger partial charge in [-0.2, -0.15) is 0 Å². The maximum atomic E-state index is 12.5. The second-order valence-corrected chi connectivity index (χ2v) is 14.1. The Labute approximate surface area is 288 Å². The summed E-state index contributed by atoms with van der Waals surface area (Å²) in [5.74, 6) is -0.0670. The number of nitrogens with zero attached hydrogens (tertiary/aromatic N) is 1. The van der Waals surface area contributed by atoms with Crippen LogP contribution >= 0.6 is 23.1 Å². The van der Waals surface area contributed by atoms with E-state index in [1.165, 1.54) is 11.6 Å². The number of carbonyl (C=O) groups is 2. The van der Waals surface area contributed by atoms with Crippen LogP contribution in [0.1, 0.15) is 55.4 Å². The van der Waals surface area contributed by atoms with Crippen LogP contribution in [-0.2, 0) is 37.0 Å². The average molecular weight is 683 g/mol. The van der Waals surface area contributed by atoms with Crippen LogP contribution in [0, 0.1) is 5.92 Å². The zero-order chi connectivity index (χ0) is 33.6. The first-order chi connectivity index (χ1) is 23.3. The van der Waals surface area contributed by atoms with Gasteiger partial charge in [0, 0.05) is 30.7 Å². The number of hydrogen-bond donors (Lipinski definition) is 2. The molecule has 0 radical (unpaired) electrons. The number of carbonyl (C=O) groups excluding carboxylic acids is 2. The van der Waals surface area contributed by atoms with Crippen LogP contribution in [0.5, 0.6) is 0 Å². The molecule has 4 aromatic carbocycles. The summed E-state index contributed by atoms with van der Waals surface area (Å²) >= 11 is 3.40. The summed E-state index contributed by atoms with van der Waals surface area (Å²) in [6.45, 7) is 5.28. The zero-order valence-corrected chi connectivity index (χ0v) is 28.6. The second-order valence-electron chi connectivity index (χ2n) is 11.8. The number of thioether (sulfide) groups is 1. The third kappa shape index (κ3) is 7.97. The molecular weight excluding hydrogens is 645 g/mol. The highest BCUT2D eigenvalue weighted by Gasteiger charge is 2.38. The molecule has 8 nitrogen and oxygen atoms in total. The van der Waals surface area contributed by atoms with E-state index in [4.69, 9.17) is 19.2 Å². The first-order valence-corrected chi connectivity index (χ1v) is 17.7. The number of aliphatic hydroxyl groups excluding tert-OH is 1. The van der Waals surface area contributed by atoms with Crippen LogP contribution < -0.4 is 5.32 Å². The summed E-state index contributed by atoms with van der Waals surface area (Å²) in [7, 11) is 0. The summed E-state index contributed by atoms with van der Waals surface area (Å²) in [6.07, 6.45) is -1.78. The average Bonchev–Trinajstić information content (AvgIpc) is 3.53. The third-order valence-electron chi connectivity index (χ3n) is 8.44. The minimum Gasteiger partial charge on any atom is -0.453 e. The fourth-order valence-corrected chi connectivity index (χ4v) is 8.04. The molecule has 1 fully saturated rings. The van der Waals surface area contributed by atoms with Crippen LogP contribution in [-0.4, -0.2) is 39.9 Å². The number of ether oxygens (including phenoxy) is 3. The summed E-state index contributed by atoms with van der Waals surface area (Å²) in [5, 5.41) is 12.5. The van der Waals surface area contributed by atoms with Crippen LogP contribution in [0.3, 0.4) is 0 Å². The van der Waals surface area contributed by atoms with Gasteiger partial charge in [0.1, 0.15) is 0 Å². The SMILES string of the molecule is CC(=O)O[C@@H](C)C(=O)NCc1ccccc1-c1ccc([C@H]2O[C@@H](CSc3nc4ccccc4s3)[C@@H](C)[C@@H](c3ccc(CO)cc3)O2)cc1. The summed E-state index contributed by atoms with van der Waals surface area (Å²) in [5.41, 5.74) is 6.71. The molecule has 1 aliphatic rings. The summed E-state index contributed by atoms with van der Waals surface area (Å²) in [6, 6.07) is 32.1. The lowest BCUT2D eigenvalue weighted by atomic mass is 9.91. The smallest absolute Gasteiger partial charge is 0.303 e. The van der Waals surface area contributed by atoms with Gasteiger partial charge in [-0.3, -0.25) is 9.59 Å². The number of nitrogens with one attached hydrogen (secondary N) is 1. The lowest BCUT2D eigenvalue weighted by molar-refractivity contribution is -0.268. The van der Waals surface area contributed by atoms with Crippen molar-refractivity contribution in [2.45, 2.75) is 62.9 Å². The van der Waals surface area contributed by atoms with Crippen LogP contribution in [0.25, 0.3) is 21.3 Å². The van der Waals surface area contributed by atoms with Gasteiger partial charge >= 0.3 is 5.97 Å². The predicted octanol–water partition coefficient (Wildman–Crippen LogP) is 7.61. The Morgan fingerprint density at radius 3 is 2.40 bits per heavy atom. The fraction of sp³-hybridized carbons (Fsp3) is 0.289. The third-order valence-corrected chi connectivity index (χ3v) is 10.7. The first kappa shape index (κ1) is 33.8. The van der Waals surface area contributed by atoms with E-state index in [2.05, 4.69) is 18.3 Å². The highest BCUT2D eigenvalue weighted by atomic mass is 32.2. The lowest BCUT2D eigenvalue weighted by Crippen LogP contribution is -2.38. The van der Waals surface area contributed by atoms with Crippen molar-refractivity contribution < 1.29 is 28.9 Å². The topological polar surface area (TPSA) is 107 Å². The number of aliphatic hydroxyl groups is 1. The van der Waals surface area contributed by atoms with Crippen LogP contribution in [0.4, 0.5) is 0 Å². The molecule has 1 aliphatic heterocycles. The molecule has 1 saturated heterocycles. The van der Waals surface area contributed by atoms with E-state index in [1.54, 1.807) is 30.0 Å². The maximum Gasteiger partial charge on any atom is 0.303 e. The number of rotatable bonds is 11. The molecule has 48 heavy (non-hydrogen) atoms. The van der Waals surface area contributed by atoms with Crippen LogP contribution in [0.15, 0.2) is 101 Å². The lowest BCUT2D eigenvalue weighted by Gasteiger charge is -2.41. The van der Waals surface area contributed by atoms with E-state index in [0.29, 0.717) is 6.54 Å². The Morgan fingerprint density at radius 1 is 0.958 bits per heavy atom.